The van der Waals surface area contributed by atoms with Crippen molar-refractivity contribution in [1.29, 1.82) is 0 Å². The number of aromatic nitrogens is 3. The Hall–Kier alpha value is -1.16. The number of aliphatic hydroxyl groups excluding tert-OH is 1. The molecule has 1 aliphatic rings. The van der Waals surface area contributed by atoms with E-state index in [1.54, 1.807) is 6.33 Å². The molecule has 1 heterocycles. The van der Waals surface area contributed by atoms with Gasteiger partial charge in [-0.05, 0) is 25.2 Å². The number of hydrogen-bond donors (Lipinski definition) is 1. The standard InChI is InChI=1S/C13H21N3O/c1-4-16-12(14-9-15-16)6-10-5-11(17)8-13(2,3)7-10/h5,9,11,17H,4,6-8H2,1-3H3. The lowest BCUT2D eigenvalue weighted by Crippen LogP contribution is -2.26. The van der Waals surface area contributed by atoms with E-state index in [-0.39, 0.29) is 11.5 Å². The fourth-order valence-electron chi connectivity index (χ4n) is 2.66. The first-order valence-electron chi connectivity index (χ1n) is 6.24. The van der Waals surface area contributed by atoms with Crippen LogP contribution < -0.4 is 0 Å². The van der Waals surface area contributed by atoms with Crippen LogP contribution in [0, 0.1) is 5.41 Å². The van der Waals surface area contributed by atoms with Crippen molar-refractivity contribution in [3.63, 3.8) is 0 Å². The van der Waals surface area contributed by atoms with E-state index < -0.39 is 0 Å². The van der Waals surface area contributed by atoms with Crippen molar-refractivity contribution in [2.45, 2.75) is 52.7 Å². The first kappa shape index (κ1) is 12.3. The van der Waals surface area contributed by atoms with Crippen molar-refractivity contribution in [2.24, 2.45) is 5.41 Å². The van der Waals surface area contributed by atoms with Crippen molar-refractivity contribution < 1.29 is 5.11 Å². The molecule has 0 amide bonds. The summed E-state index contributed by atoms with van der Waals surface area (Å²) in [7, 11) is 0. The molecule has 0 fully saturated rings. The Morgan fingerprint density at radius 1 is 1.53 bits per heavy atom. The second-order valence-corrected chi connectivity index (χ2v) is 5.61. The fourth-order valence-corrected chi connectivity index (χ4v) is 2.66. The monoisotopic (exact) mass is 235 g/mol. The Balaban J connectivity index is 2.14. The van der Waals surface area contributed by atoms with E-state index in [4.69, 9.17) is 0 Å². The molecule has 17 heavy (non-hydrogen) atoms. The van der Waals surface area contributed by atoms with Gasteiger partial charge < -0.3 is 5.11 Å². The molecule has 1 unspecified atom stereocenters. The maximum Gasteiger partial charge on any atom is 0.138 e. The SMILES string of the molecule is CCn1ncnc1CC1=CC(O)CC(C)(C)C1. The molecule has 0 bridgehead atoms. The van der Waals surface area contributed by atoms with Crippen LogP contribution in [0.25, 0.3) is 0 Å². The molecule has 4 heteroatoms. The number of aryl methyl sites for hydroxylation is 1. The smallest absolute Gasteiger partial charge is 0.138 e. The first-order chi connectivity index (χ1) is 8.00. The molecule has 0 aromatic carbocycles. The summed E-state index contributed by atoms with van der Waals surface area (Å²) in [6.45, 7) is 7.31. The number of aliphatic hydroxyl groups is 1. The van der Waals surface area contributed by atoms with E-state index in [9.17, 15) is 5.11 Å². The van der Waals surface area contributed by atoms with Crippen molar-refractivity contribution in [3.05, 3.63) is 23.8 Å². The van der Waals surface area contributed by atoms with Crippen LogP contribution in [0.4, 0.5) is 0 Å². The molecule has 0 radical (unpaired) electrons. The van der Waals surface area contributed by atoms with Crippen LogP contribution in [0.2, 0.25) is 0 Å². The molecule has 4 nitrogen and oxygen atoms in total. The maximum atomic E-state index is 9.85. The van der Waals surface area contributed by atoms with E-state index in [2.05, 4.69) is 30.9 Å². The van der Waals surface area contributed by atoms with Crippen molar-refractivity contribution >= 4 is 0 Å². The van der Waals surface area contributed by atoms with Crippen LogP contribution in [0.3, 0.4) is 0 Å². The maximum absolute atomic E-state index is 9.85. The van der Waals surface area contributed by atoms with Gasteiger partial charge in [0.05, 0.1) is 6.10 Å². The first-order valence-corrected chi connectivity index (χ1v) is 6.24. The Kier molecular flexibility index (Phi) is 3.33. The van der Waals surface area contributed by atoms with Gasteiger partial charge in [0.2, 0.25) is 0 Å². The van der Waals surface area contributed by atoms with Crippen molar-refractivity contribution in [2.75, 3.05) is 0 Å². The third-order valence-corrected chi connectivity index (χ3v) is 3.28. The minimum absolute atomic E-state index is 0.181. The zero-order chi connectivity index (χ0) is 12.5. The second kappa shape index (κ2) is 4.61. The van der Waals surface area contributed by atoms with Gasteiger partial charge in [0, 0.05) is 13.0 Å². The lowest BCUT2D eigenvalue weighted by Gasteiger charge is -2.32. The van der Waals surface area contributed by atoms with E-state index in [0.717, 1.165) is 31.6 Å². The van der Waals surface area contributed by atoms with Crippen molar-refractivity contribution in [1.82, 2.24) is 14.8 Å². The summed E-state index contributed by atoms with van der Waals surface area (Å²) < 4.78 is 1.91. The van der Waals surface area contributed by atoms with E-state index in [1.807, 2.05) is 10.8 Å². The summed E-state index contributed by atoms with van der Waals surface area (Å²) in [5, 5.41) is 14.0. The number of nitrogens with zero attached hydrogens (tertiary/aromatic N) is 3. The molecule has 0 saturated heterocycles. The lowest BCUT2D eigenvalue weighted by molar-refractivity contribution is 0.138. The third-order valence-electron chi connectivity index (χ3n) is 3.28. The van der Waals surface area contributed by atoms with Gasteiger partial charge in [-0.3, -0.25) is 4.68 Å². The van der Waals surface area contributed by atoms with Crippen LogP contribution in [0.1, 0.15) is 39.4 Å². The number of allylic oxidation sites excluding steroid dienone is 1. The zero-order valence-electron chi connectivity index (χ0n) is 10.8. The van der Waals surface area contributed by atoms with Gasteiger partial charge in [-0.15, -0.1) is 0 Å². The highest BCUT2D eigenvalue weighted by molar-refractivity contribution is 5.17. The van der Waals surface area contributed by atoms with Gasteiger partial charge >= 0.3 is 0 Å². The normalized spacial score (nSPS) is 23.5. The Labute approximate surface area is 102 Å². The van der Waals surface area contributed by atoms with Gasteiger partial charge in [0.1, 0.15) is 12.2 Å². The minimum Gasteiger partial charge on any atom is -0.389 e. The third kappa shape index (κ3) is 2.94. The highest BCUT2D eigenvalue weighted by Gasteiger charge is 2.28. The molecule has 0 aliphatic heterocycles. The minimum atomic E-state index is -0.313. The molecule has 0 saturated carbocycles. The van der Waals surface area contributed by atoms with Gasteiger partial charge in [-0.2, -0.15) is 5.10 Å². The molecule has 1 aliphatic carbocycles. The highest BCUT2D eigenvalue weighted by atomic mass is 16.3. The van der Waals surface area contributed by atoms with Gasteiger partial charge in [0.15, 0.2) is 0 Å². The quantitative estimate of drug-likeness (QED) is 0.815. The predicted molar refractivity (Wildman–Crippen MR) is 66.5 cm³/mol. The molecule has 2 rings (SSSR count). The van der Waals surface area contributed by atoms with Crippen LogP contribution in [-0.2, 0) is 13.0 Å². The molecule has 1 atom stereocenters. The summed E-state index contributed by atoms with van der Waals surface area (Å²) >= 11 is 0. The zero-order valence-corrected chi connectivity index (χ0v) is 10.8. The summed E-state index contributed by atoms with van der Waals surface area (Å²) in [4.78, 5) is 4.28. The fraction of sp³-hybridized carbons (Fsp3) is 0.692. The Morgan fingerprint density at radius 2 is 2.29 bits per heavy atom. The topological polar surface area (TPSA) is 50.9 Å². The van der Waals surface area contributed by atoms with Gasteiger partial charge in [0.25, 0.3) is 0 Å². The Bertz CT molecular complexity index is 420. The molecular weight excluding hydrogens is 214 g/mol. The summed E-state index contributed by atoms with van der Waals surface area (Å²) in [5.41, 5.74) is 1.46. The summed E-state index contributed by atoms with van der Waals surface area (Å²) in [6.07, 6.45) is 5.95. The summed E-state index contributed by atoms with van der Waals surface area (Å²) in [5.74, 6) is 0.989. The largest absolute Gasteiger partial charge is 0.389 e. The van der Waals surface area contributed by atoms with Crippen LogP contribution >= 0.6 is 0 Å². The van der Waals surface area contributed by atoms with E-state index >= 15 is 0 Å². The number of rotatable bonds is 3. The second-order valence-electron chi connectivity index (χ2n) is 5.61. The molecule has 1 N–H and O–H groups in total. The molecule has 0 spiro atoms. The average molecular weight is 235 g/mol. The predicted octanol–water partition coefficient (Wildman–Crippen LogP) is 1.95. The number of hydrogen-bond acceptors (Lipinski definition) is 3. The molecule has 1 aromatic rings. The lowest BCUT2D eigenvalue weighted by atomic mass is 9.75. The van der Waals surface area contributed by atoms with Gasteiger partial charge in [-0.25, -0.2) is 4.98 Å². The van der Waals surface area contributed by atoms with E-state index in [1.165, 1.54) is 5.57 Å². The van der Waals surface area contributed by atoms with Crippen LogP contribution in [0.15, 0.2) is 18.0 Å². The van der Waals surface area contributed by atoms with Crippen LogP contribution in [0.5, 0.6) is 0 Å². The molecule has 94 valence electrons. The van der Waals surface area contributed by atoms with Crippen molar-refractivity contribution in [3.8, 4) is 0 Å². The average Bonchev–Trinajstić information content (AvgIpc) is 2.61. The highest BCUT2D eigenvalue weighted by Crippen LogP contribution is 2.36. The molecule has 1 aromatic heterocycles. The van der Waals surface area contributed by atoms with Gasteiger partial charge in [-0.1, -0.05) is 25.5 Å². The Morgan fingerprint density at radius 3 is 2.94 bits per heavy atom. The summed E-state index contributed by atoms with van der Waals surface area (Å²) in [6, 6.07) is 0. The van der Waals surface area contributed by atoms with E-state index in [0.29, 0.717) is 0 Å². The molecular formula is C13H21N3O. The van der Waals surface area contributed by atoms with Crippen LogP contribution in [-0.4, -0.2) is 26.0 Å².